The van der Waals surface area contributed by atoms with Crippen molar-refractivity contribution in [1.29, 1.82) is 0 Å². The van der Waals surface area contributed by atoms with Crippen LogP contribution in [0.25, 0.3) is 0 Å². The number of hydrogen-bond acceptors (Lipinski definition) is 4. The predicted octanol–water partition coefficient (Wildman–Crippen LogP) is 1.36. The molecule has 0 aliphatic rings. The molecule has 2 N–H and O–H groups in total. The Hall–Kier alpha value is 0.130. The fraction of sp³-hybridized carbons (Fsp3) is 0.889. The summed E-state index contributed by atoms with van der Waals surface area (Å²) in [6, 6.07) is 0. The summed E-state index contributed by atoms with van der Waals surface area (Å²) in [6.45, 7) is 5.62. The Morgan fingerprint density at radius 1 is 1.21 bits per heavy atom. The van der Waals surface area contributed by atoms with Gasteiger partial charge in [-0.05, 0) is 7.05 Å². The lowest BCUT2D eigenvalue weighted by Crippen LogP contribution is -2.29. The molecule has 3 nitrogen and oxygen atoms in total. The molecule has 0 aliphatic carbocycles. The molecule has 0 radical (unpaired) electrons. The van der Waals surface area contributed by atoms with Crippen LogP contribution in [0.1, 0.15) is 13.8 Å². The van der Waals surface area contributed by atoms with Gasteiger partial charge in [0.15, 0.2) is 0 Å². The van der Waals surface area contributed by atoms with Gasteiger partial charge in [-0.25, -0.2) is 0 Å². The van der Waals surface area contributed by atoms with Gasteiger partial charge in [0, 0.05) is 30.5 Å². The molecule has 0 aromatic heterocycles. The molecule has 0 bridgehead atoms. The highest BCUT2D eigenvalue weighted by molar-refractivity contribution is 8.76. The minimum atomic E-state index is 0.0944. The Bertz CT molecular complexity index is 154. The molecule has 0 atom stereocenters. The second-order valence-electron chi connectivity index (χ2n) is 3.19. The first-order valence-corrected chi connectivity index (χ1v) is 7.34. The van der Waals surface area contributed by atoms with Gasteiger partial charge in [0.1, 0.15) is 0 Å². The second kappa shape index (κ2) is 9.68. The van der Waals surface area contributed by atoms with Gasteiger partial charge in [-0.3, -0.25) is 4.79 Å². The lowest BCUT2D eigenvalue weighted by Gasteiger charge is -2.06. The van der Waals surface area contributed by atoms with E-state index in [2.05, 4.69) is 10.6 Å². The van der Waals surface area contributed by atoms with Crippen molar-refractivity contribution >= 4 is 27.5 Å². The molecule has 0 saturated carbocycles. The summed E-state index contributed by atoms with van der Waals surface area (Å²) < 4.78 is 0. The van der Waals surface area contributed by atoms with E-state index in [9.17, 15) is 4.79 Å². The van der Waals surface area contributed by atoms with Crippen molar-refractivity contribution in [2.45, 2.75) is 13.8 Å². The third-order valence-electron chi connectivity index (χ3n) is 1.53. The fourth-order valence-corrected chi connectivity index (χ4v) is 2.60. The van der Waals surface area contributed by atoms with Gasteiger partial charge in [-0.15, -0.1) is 0 Å². The molecule has 0 aliphatic heterocycles. The molecule has 84 valence electrons. The van der Waals surface area contributed by atoms with Gasteiger partial charge in [-0.2, -0.15) is 0 Å². The summed E-state index contributed by atoms with van der Waals surface area (Å²) in [6.07, 6.45) is 0. The summed E-state index contributed by atoms with van der Waals surface area (Å²) in [5.74, 6) is 2.33. The molecule has 0 rings (SSSR count). The number of nitrogens with one attached hydrogen (secondary N) is 2. The van der Waals surface area contributed by atoms with Crippen LogP contribution in [-0.4, -0.2) is 37.6 Å². The molecule has 0 spiro atoms. The number of rotatable bonds is 8. The number of carbonyl (C=O) groups is 1. The highest BCUT2D eigenvalue weighted by Crippen LogP contribution is 2.19. The van der Waals surface area contributed by atoms with Crippen molar-refractivity contribution < 1.29 is 4.79 Å². The zero-order chi connectivity index (χ0) is 10.8. The Morgan fingerprint density at radius 3 is 2.29 bits per heavy atom. The largest absolute Gasteiger partial charge is 0.355 e. The molecule has 0 heterocycles. The number of hydrogen-bond donors (Lipinski definition) is 2. The standard InChI is InChI=1S/C9H20N2OS2/c1-8(2)9(12)11-5-7-14-13-6-4-10-3/h8,10H,4-7H2,1-3H3,(H,11,12). The lowest BCUT2D eigenvalue weighted by molar-refractivity contribution is -0.123. The molecule has 0 fully saturated rings. The first-order chi connectivity index (χ1) is 6.68. The maximum absolute atomic E-state index is 11.1. The maximum Gasteiger partial charge on any atom is 0.222 e. The van der Waals surface area contributed by atoms with Crippen LogP contribution in [-0.2, 0) is 4.79 Å². The van der Waals surface area contributed by atoms with Gasteiger partial charge in [0.25, 0.3) is 0 Å². The van der Waals surface area contributed by atoms with Crippen LogP contribution >= 0.6 is 21.6 Å². The van der Waals surface area contributed by atoms with Crippen molar-refractivity contribution in [2.75, 3.05) is 31.6 Å². The summed E-state index contributed by atoms with van der Waals surface area (Å²) >= 11 is 0. The van der Waals surface area contributed by atoms with E-state index in [1.54, 1.807) is 0 Å². The van der Waals surface area contributed by atoms with Crippen LogP contribution in [0, 0.1) is 5.92 Å². The number of carbonyl (C=O) groups excluding carboxylic acids is 1. The fourth-order valence-electron chi connectivity index (χ4n) is 0.682. The van der Waals surface area contributed by atoms with Crippen molar-refractivity contribution in [2.24, 2.45) is 5.92 Å². The average Bonchev–Trinajstić information content (AvgIpc) is 2.16. The molecule has 0 aromatic carbocycles. The van der Waals surface area contributed by atoms with Crippen molar-refractivity contribution in [3.63, 3.8) is 0 Å². The molecule has 0 aromatic rings. The van der Waals surface area contributed by atoms with Crippen LogP contribution in [0.5, 0.6) is 0 Å². The second-order valence-corrected chi connectivity index (χ2v) is 5.90. The van der Waals surface area contributed by atoms with E-state index in [0.29, 0.717) is 0 Å². The third kappa shape index (κ3) is 8.72. The predicted molar refractivity (Wildman–Crippen MR) is 66.7 cm³/mol. The summed E-state index contributed by atoms with van der Waals surface area (Å²) in [5, 5.41) is 5.97. The van der Waals surface area contributed by atoms with Gasteiger partial charge in [0.05, 0.1) is 0 Å². The van der Waals surface area contributed by atoms with E-state index in [-0.39, 0.29) is 11.8 Å². The summed E-state index contributed by atoms with van der Waals surface area (Å²) in [5.41, 5.74) is 0. The molecule has 5 heteroatoms. The lowest BCUT2D eigenvalue weighted by atomic mass is 10.2. The first-order valence-electron chi connectivity index (χ1n) is 4.85. The smallest absolute Gasteiger partial charge is 0.222 e. The average molecular weight is 236 g/mol. The third-order valence-corrected chi connectivity index (χ3v) is 3.94. The Morgan fingerprint density at radius 2 is 1.79 bits per heavy atom. The quantitative estimate of drug-likeness (QED) is 0.493. The van der Waals surface area contributed by atoms with E-state index < -0.39 is 0 Å². The van der Waals surface area contributed by atoms with Gasteiger partial charge >= 0.3 is 0 Å². The molecule has 14 heavy (non-hydrogen) atoms. The molecular formula is C9H20N2OS2. The molecule has 0 saturated heterocycles. The summed E-state index contributed by atoms with van der Waals surface area (Å²) in [4.78, 5) is 11.1. The van der Waals surface area contributed by atoms with Crippen LogP contribution < -0.4 is 10.6 Å². The summed E-state index contributed by atoms with van der Waals surface area (Å²) in [7, 11) is 5.60. The van der Waals surface area contributed by atoms with Crippen LogP contribution in [0.15, 0.2) is 0 Å². The molecule has 0 unspecified atom stereocenters. The molecule has 1 amide bonds. The molecular weight excluding hydrogens is 216 g/mol. The topological polar surface area (TPSA) is 41.1 Å². The minimum absolute atomic E-state index is 0.0944. The zero-order valence-corrected chi connectivity index (χ0v) is 10.8. The van der Waals surface area contributed by atoms with E-state index in [1.807, 2.05) is 42.5 Å². The highest BCUT2D eigenvalue weighted by atomic mass is 33.1. The van der Waals surface area contributed by atoms with Crippen LogP contribution in [0.4, 0.5) is 0 Å². The maximum atomic E-state index is 11.1. The first kappa shape index (κ1) is 14.1. The SMILES string of the molecule is CNCCSSCCNC(=O)C(C)C. The van der Waals surface area contributed by atoms with Crippen LogP contribution in [0.2, 0.25) is 0 Å². The van der Waals surface area contributed by atoms with Crippen LogP contribution in [0.3, 0.4) is 0 Å². The monoisotopic (exact) mass is 236 g/mol. The zero-order valence-electron chi connectivity index (χ0n) is 9.13. The van der Waals surface area contributed by atoms with Crippen molar-refractivity contribution in [3.05, 3.63) is 0 Å². The Balaban J connectivity index is 3.10. The normalized spacial score (nSPS) is 10.6. The Kier molecular flexibility index (Phi) is 9.77. The van der Waals surface area contributed by atoms with Gasteiger partial charge in [0.2, 0.25) is 5.91 Å². The van der Waals surface area contributed by atoms with Gasteiger partial charge in [-0.1, -0.05) is 35.4 Å². The highest BCUT2D eigenvalue weighted by Gasteiger charge is 2.04. The van der Waals surface area contributed by atoms with Crippen molar-refractivity contribution in [1.82, 2.24) is 10.6 Å². The minimum Gasteiger partial charge on any atom is -0.355 e. The van der Waals surface area contributed by atoms with E-state index >= 15 is 0 Å². The van der Waals surface area contributed by atoms with Gasteiger partial charge < -0.3 is 10.6 Å². The van der Waals surface area contributed by atoms with E-state index in [4.69, 9.17) is 0 Å². The number of amides is 1. The Labute approximate surface area is 94.6 Å². The van der Waals surface area contributed by atoms with E-state index in [0.717, 1.165) is 24.6 Å². The van der Waals surface area contributed by atoms with Crippen molar-refractivity contribution in [3.8, 4) is 0 Å². The van der Waals surface area contributed by atoms with E-state index in [1.165, 1.54) is 0 Å².